The first-order valence-electron chi connectivity index (χ1n) is 3.68. The van der Waals surface area contributed by atoms with Crippen LogP contribution >= 0.6 is 11.8 Å². The number of aromatic amines is 1. The summed E-state index contributed by atoms with van der Waals surface area (Å²) >= 11 is 1.88. The van der Waals surface area contributed by atoms with E-state index in [1.165, 1.54) is 5.69 Å². The number of aryl methyl sites for hydroxylation is 1. The average molecular weight is 171 g/mol. The first-order valence-corrected chi connectivity index (χ1v) is 4.84. The Morgan fingerprint density at radius 3 is 3.09 bits per heavy atom. The normalized spacial score (nSPS) is 10.3. The predicted octanol–water partition coefficient (Wildman–Crippen LogP) is 0.644. The number of rotatable bonds is 5. The Balaban J connectivity index is 2.04. The summed E-state index contributed by atoms with van der Waals surface area (Å²) in [6.45, 7) is 0.771. The van der Waals surface area contributed by atoms with E-state index in [2.05, 4.69) is 9.97 Å². The molecule has 0 saturated heterocycles. The molecule has 3 nitrogen and oxygen atoms in total. The quantitative estimate of drug-likeness (QED) is 0.639. The number of H-pyrrole nitrogens is 1. The summed E-state index contributed by atoms with van der Waals surface area (Å²) in [5, 5.41) is 0. The molecular formula is C7H13N3S. The Hall–Kier alpha value is -0.480. The molecule has 0 atom stereocenters. The van der Waals surface area contributed by atoms with E-state index < -0.39 is 0 Å². The van der Waals surface area contributed by atoms with Gasteiger partial charge in [0.05, 0.1) is 6.33 Å². The maximum absolute atomic E-state index is 5.35. The number of thioether (sulfide) groups is 1. The third-order valence-electron chi connectivity index (χ3n) is 1.33. The van der Waals surface area contributed by atoms with Gasteiger partial charge in [-0.15, -0.1) is 0 Å². The Morgan fingerprint density at radius 2 is 2.45 bits per heavy atom. The molecule has 0 bridgehead atoms. The molecule has 0 saturated carbocycles. The van der Waals surface area contributed by atoms with Gasteiger partial charge in [-0.1, -0.05) is 0 Å². The number of nitrogens with zero attached hydrogens (tertiary/aromatic N) is 1. The minimum absolute atomic E-state index is 0.771. The molecule has 1 heterocycles. The minimum atomic E-state index is 0.771. The third-order valence-corrected chi connectivity index (χ3v) is 2.35. The van der Waals surface area contributed by atoms with E-state index in [-0.39, 0.29) is 0 Å². The van der Waals surface area contributed by atoms with Crippen molar-refractivity contribution in [1.29, 1.82) is 0 Å². The number of hydrogen-bond acceptors (Lipinski definition) is 3. The molecule has 0 unspecified atom stereocenters. The number of nitrogens with two attached hydrogens (primary N) is 1. The Bertz CT molecular complexity index is 174. The summed E-state index contributed by atoms with van der Waals surface area (Å²) in [6, 6.07) is 0. The third kappa shape index (κ3) is 3.43. The SMILES string of the molecule is NCCSCCc1cnc[nH]1. The smallest absolute Gasteiger partial charge is 0.0921 e. The number of hydrogen-bond donors (Lipinski definition) is 2. The van der Waals surface area contributed by atoms with Crippen LogP contribution in [0.15, 0.2) is 12.5 Å². The van der Waals surface area contributed by atoms with E-state index in [4.69, 9.17) is 5.73 Å². The first-order chi connectivity index (χ1) is 5.43. The van der Waals surface area contributed by atoms with Crippen LogP contribution in [0.1, 0.15) is 5.69 Å². The van der Waals surface area contributed by atoms with Gasteiger partial charge in [-0.3, -0.25) is 0 Å². The number of aromatic nitrogens is 2. The summed E-state index contributed by atoms with van der Waals surface area (Å²) in [5.41, 5.74) is 6.55. The van der Waals surface area contributed by atoms with Crippen molar-refractivity contribution in [2.24, 2.45) is 5.73 Å². The van der Waals surface area contributed by atoms with Crippen molar-refractivity contribution in [1.82, 2.24) is 9.97 Å². The van der Waals surface area contributed by atoms with Crippen LogP contribution in [0.5, 0.6) is 0 Å². The fourth-order valence-electron chi connectivity index (χ4n) is 0.789. The predicted molar refractivity (Wildman–Crippen MR) is 48.7 cm³/mol. The summed E-state index contributed by atoms with van der Waals surface area (Å²) in [5.74, 6) is 2.17. The van der Waals surface area contributed by atoms with Crippen molar-refractivity contribution >= 4 is 11.8 Å². The van der Waals surface area contributed by atoms with Gasteiger partial charge < -0.3 is 10.7 Å². The van der Waals surface area contributed by atoms with E-state index in [1.54, 1.807) is 6.33 Å². The standard InChI is InChI=1S/C7H13N3S/c8-2-4-11-3-1-7-5-9-6-10-7/h5-6H,1-4,8H2,(H,9,10). The van der Waals surface area contributed by atoms with Gasteiger partial charge in [-0.05, 0) is 12.2 Å². The van der Waals surface area contributed by atoms with Gasteiger partial charge in [0, 0.05) is 24.2 Å². The van der Waals surface area contributed by atoms with Gasteiger partial charge in [0.25, 0.3) is 0 Å². The topological polar surface area (TPSA) is 54.7 Å². The van der Waals surface area contributed by atoms with Crippen molar-refractivity contribution in [2.45, 2.75) is 6.42 Å². The number of imidazole rings is 1. The average Bonchev–Trinajstić information content (AvgIpc) is 2.50. The zero-order chi connectivity index (χ0) is 7.94. The van der Waals surface area contributed by atoms with Gasteiger partial charge in [0.1, 0.15) is 0 Å². The highest BCUT2D eigenvalue weighted by Gasteiger charge is 1.92. The highest BCUT2D eigenvalue weighted by atomic mass is 32.2. The van der Waals surface area contributed by atoms with Gasteiger partial charge in [0.15, 0.2) is 0 Å². The largest absolute Gasteiger partial charge is 0.348 e. The fourth-order valence-corrected chi connectivity index (χ4v) is 1.52. The summed E-state index contributed by atoms with van der Waals surface area (Å²) in [6.07, 6.45) is 4.64. The Kier molecular flexibility index (Phi) is 4.08. The van der Waals surface area contributed by atoms with Gasteiger partial charge in [-0.2, -0.15) is 11.8 Å². The molecule has 0 amide bonds. The molecule has 0 aliphatic heterocycles. The Labute approximate surface area is 70.8 Å². The molecule has 0 aromatic carbocycles. The Morgan fingerprint density at radius 1 is 1.55 bits per heavy atom. The molecule has 0 aliphatic carbocycles. The zero-order valence-electron chi connectivity index (χ0n) is 6.42. The van der Waals surface area contributed by atoms with Crippen LogP contribution in [-0.4, -0.2) is 28.0 Å². The molecule has 0 aliphatic rings. The van der Waals surface area contributed by atoms with E-state index >= 15 is 0 Å². The van der Waals surface area contributed by atoms with Crippen molar-refractivity contribution in [2.75, 3.05) is 18.1 Å². The second kappa shape index (κ2) is 5.21. The van der Waals surface area contributed by atoms with Crippen molar-refractivity contribution in [3.63, 3.8) is 0 Å². The van der Waals surface area contributed by atoms with Crippen molar-refractivity contribution in [3.8, 4) is 0 Å². The summed E-state index contributed by atoms with van der Waals surface area (Å²) < 4.78 is 0. The zero-order valence-corrected chi connectivity index (χ0v) is 7.23. The lowest BCUT2D eigenvalue weighted by Gasteiger charge is -1.96. The summed E-state index contributed by atoms with van der Waals surface area (Å²) in [4.78, 5) is 6.99. The fraction of sp³-hybridized carbons (Fsp3) is 0.571. The molecule has 0 radical (unpaired) electrons. The van der Waals surface area contributed by atoms with Gasteiger partial charge in [0.2, 0.25) is 0 Å². The second-order valence-electron chi connectivity index (χ2n) is 2.23. The molecule has 0 spiro atoms. The molecule has 0 fully saturated rings. The first kappa shape index (κ1) is 8.62. The molecule has 1 aromatic rings. The molecule has 11 heavy (non-hydrogen) atoms. The highest BCUT2D eigenvalue weighted by Crippen LogP contribution is 2.02. The maximum atomic E-state index is 5.35. The van der Waals surface area contributed by atoms with Crippen molar-refractivity contribution in [3.05, 3.63) is 18.2 Å². The van der Waals surface area contributed by atoms with Gasteiger partial charge >= 0.3 is 0 Å². The lowest BCUT2D eigenvalue weighted by Crippen LogP contribution is -2.02. The molecule has 62 valence electrons. The van der Waals surface area contributed by atoms with E-state index in [0.717, 1.165) is 24.5 Å². The monoisotopic (exact) mass is 171 g/mol. The molecule has 3 N–H and O–H groups in total. The van der Waals surface area contributed by atoms with Crippen molar-refractivity contribution < 1.29 is 0 Å². The van der Waals surface area contributed by atoms with E-state index in [9.17, 15) is 0 Å². The van der Waals surface area contributed by atoms with Crippen LogP contribution in [0, 0.1) is 0 Å². The minimum Gasteiger partial charge on any atom is -0.348 e. The highest BCUT2D eigenvalue weighted by molar-refractivity contribution is 7.99. The van der Waals surface area contributed by atoms with E-state index in [0.29, 0.717) is 0 Å². The van der Waals surface area contributed by atoms with Crippen LogP contribution < -0.4 is 5.73 Å². The molecular weight excluding hydrogens is 158 g/mol. The molecule has 1 aromatic heterocycles. The lowest BCUT2D eigenvalue weighted by atomic mass is 10.4. The van der Waals surface area contributed by atoms with Crippen LogP contribution in [0.3, 0.4) is 0 Å². The molecule has 1 rings (SSSR count). The van der Waals surface area contributed by atoms with E-state index in [1.807, 2.05) is 18.0 Å². The lowest BCUT2D eigenvalue weighted by molar-refractivity contribution is 1.07. The van der Waals surface area contributed by atoms with Crippen LogP contribution in [0.4, 0.5) is 0 Å². The van der Waals surface area contributed by atoms with Crippen LogP contribution in [0.25, 0.3) is 0 Å². The molecule has 4 heteroatoms. The van der Waals surface area contributed by atoms with Crippen LogP contribution in [-0.2, 0) is 6.42 Å². The summed E-state index contributed by atoms with van der Waals surface area (Å²) in [7, 11) is 0. The maximum Gasteiger partial charge on any atom is 0.0921 e. The van der Waals surface area contributed by atoms with Gasteiger partial charge in [-0.25, -0.2) is 4.98 Å². The number of nitrogens with one attached hydrogen (secondary N) is 1. The second-order valence-corrected chi connectivity index (χ2v) is 3.45. The van der Waals surface area contributed by atoms with Crippen LogP contribution in [0.2, 0.25) is 0 Å².